The van der Waals surface area contributed by atoms with Gasteiger partial charge < -0.3 is 9.64 Å². The van der Waals surface area contributed by atoms with Crippen molar-refractivity contribution in [3.05, 3.63) is 23.4 Å². The fourth-order valence-corrected chi connectivity index (χ4v) is 3.35. The molecule has 0 bridgehead atoms. The van der Waals surface area contributed by atoms with E-state index in [9.17, 15) is 13.6 Å². The van der Waals surface area contributed by atoms with Gasteiger partial charge in [-0.3, -0.25) is 4.79 Å². The lowest BCUT2D eigenvalue weighted by Gasteiger charge is -2.40. The summed E-state index contributed by atoms with van der Waals surface area (Å²) in [4.78, 5) is 18.0. The summed E-state index contributed by atoms with van der Waals surface area (Å²) in [6.07, 6.45) is 2.78. The Hall–Kier alpha value is -1.43. The van der Waals surface area contributed by atoms with Crippen LogP contribution in [0.15, 0.2) is 18.3 Å². The van der Waals surface area contributed by atoms with Gasteiger partial charge in [-0.2, -0.15) is 0 Å². The van der Waals surface area contributed by atoms with E-state index >= 15 is 0 Å². The van der Waals surface area contributed by atoms with E-state index < -0.39 is 11.8 Å². The van der Waals surface area contributed by atoms with E-state index in [2.05, 4.69) is 4.98 Å². The minimum atomic E-state index is -2.66. The lowest BCUT2D eigenvalue weighted by molar-refractivity contribution is -0.161. The second-order valence-corrected chi connectivity index (χ2v) is 6.76. The summed E-state index contributed by atoms with van der Waals surface area (Å²) in [5.74, 6) is -2.76. The number of amides is 1. The lowest BCUT2D eigenvalue weighted by atomic mass is 9.80. The van der Waals surface area contributed by atoms with Crippen molar-refractivity contribution in [2.45, 2.75) is 31.6 Å². The van der Waals surface area contributed by atoms with Crippen molar-refractivity contribution in [2.24, 2.45) is 11.8 Å². The van der Waals surface area contributed by atoms with Gasteiger partial charge in [-0.25, -0.2) is 13.8 Å². The molecule has 1 saturated carbocycles. The molecule has 2 fully saturated rings. The number of alkyl halides is 2. The molecule has 0 N–H and O–H groups in total. The Morgan fingerprint density at radius 1 is 1.48 bits per heavy atom. The maximum atomic E-state index is 12.9. The second-order valence-electron chi connectivity index (χ2n) is 6.36. The highest BCUT2D eigenvalue weighted by atomic mass is 35.5. The van der Waals surface area contributed by atoms with E-state index in [1.54, 1.807) is 23.2 Å². The Morgan fingerprint density at radius 3 is 2.96 bits per heavy atom. The Bertz CT molecular complexity index is 577. The number of ether oxygens (including phenoxy) is 1. The summed E-state index contributed by atoms with van der Waals surface area (Å²) in [6.45, 7) is 1.61. The SMILES string of the molecule is O=C(C1CC(F)(F)C1)N1CCCC(COc2ncccc2Cl)C1. The molecule has 23 heavy (non-hydrogen) atoms. The summed E-state index contributed by atoms with van der Waals surface area (Å²) in [6, 6.07) is 3.43. The van der Waals surface area contributed by atoms with Crippen LogP contribution in [-0.4, -0.2) is 41.4 Å². The Balaban J connectivity index is 1.50. The van der Waals surface area contributed by atoms with Gasteiger partial charge in [0.15, 0.2) is 0 Å². The summed E-state index contributed by atoms with van der Waals surface area (Å²) < 4.78 is 31.5. The molecule has 1 amide bonds. The molecule has 1 aliphatic carbocycles. The molecule has 1 unspecified atom stereocenters. The molecular formula is C16H19ClF2N2O2. The van der Waals surface area contributed by atoms with Crippen LogP contribution >= 0.6 is 11.6 Å². The number of halogens is 3. The monoisotopic (exact) mass is 344 g/mol. The van der Waals surface area contributed by atoms with E-state index in [-0.39, 0.29) is 24.7 Å². The molecule has 3 rings (SSSR count). The Kier molecular flexibility index (Phi) is 4.71. The first-order valence-electron chi connectivity index (χ1n) is 7.84. The number of carbonyl (C=O) groups is 1. The van der Waals surface area contributed by atoms with Crippen LogP contribution in [0.2, 0.25) is 5.02 Å². The molecule has 126 valence electrons. The zero-order valence-corrected chi connectivity index (χ0v) is 13.4. The largest absolute Gasteiger partial charge is 0.476 e. The molecule has 0 aromatic carbocycles. The number of carbonyl (C=O) groups excluding carboxylic acids is 1. The first-order valence-corrected chi connectivity index (χ1v) is 8.22. The quantitative estimate of drug-likeness (QED) is 0.840. The Morgan fingerprint density at radius 2 is 2.26 bits per heavy atom. The first-order chi connectivity index (χ1) is 10.9. The molecule has 0 spiro atoms. The first kappa shape index (κ1) is 16.4. The van der Waals surface area contributed by atoms with Gasteiger partial charge in [-0.1, -0.05) is 11.6 Å². The van der Waals surface area contributed by atoms with Gasteiger partial charge in [0.1, 0.15) is 5.02 Å². The number of piperidine rings is 1. The van der Waals surface area contributed by atoms with Crippen molar-refractivity contribution >= 4 is 17.5 Å². The smallest absolute Gasteiger partial charge is 0.249 e. The van der Waals surface area contributed by atoms with Crippen molar-refractivity contribution in [3.8, 4) is 5.88 Å². The van der Waals surface area contributed by atoms with Crippen LogP contribution in [0.5, 0.6) is 5.88 Å². The second kappa shape index (κ2) is 6.59. The Labute approximate surface area is 138 Å². The maximum Gasteiger partial charge on any atom is 0.249 e. The summed E-state index contributed by atoms with van der Waals surface area (Å²) in [7, 11) is 0. The average molecular weight is 345 g/mol. The zero-order chi connectivity index (χ0) is 16.4. The minimum absolute atomic E-state index is 0.142. The van der Waals surface area contributed by atoms with E-state index in [1.807, 2.05) is 0 Å². The topological polar surface area (TPSA) is 42.4 Å². The van der Waals surface area contributed by atoms with Gasteiger partial charge >= 0.3 is 0 Å². The van der Waals surface area contributed by atoms with Crippen LogP contribution in [-0.2, 0) is 4.79 Å². The summed E-state index contributed by atoms with van der Waals surface area (Å²) in [5.41, 5.74) is 0. The molecule has 7 heteroatoms. The standard InChI is InChI=1S/C16H19ClF2N2O2/c17-13-4-1-5-20-14(13)23-10-11-3-2-6-21(9-11)15(22)12-7-16(18,19)8-12/h1,4-5,11-12H,2-3,6-10H2. The molecule has 4 nitrogen and oxygen atoms in total. The predicted octanol–water partition coefficient (Wildman–Crippen LogP) is 3.40. The number of aromatic nitrogens is 1. The molecule has 1 atom stereocenters. The highest BCUT2D eigenvalue weighted by Crippen LogP contribution is 2.43. The van der Waals surface area contributed by atoms with E-state index in [0.29, 0.717) is 30.6 Å². The van der Waals surface area contributed by atoms with E-state index in [1.165, 1.54) is 0 Å². The van der Waals surface area contributed by atoms with Crippen molar-refractivity contribution in [2.75, 3.05) is 19.7 Å². The van der Waals surface area contributed by atoms with Crippen molar-refractivity contribution in [1.82, 2.24) is 9.88 Å². The van der Waals surface area contributed by atoms with Crippen molar-refractivity contribution in [1.29, 1.82) is 0 Å². The third kappa shape index (κ3) is 3.91. The zero-order valence-electron chi connectivity index (χ0n) is 12.7. The minimum Gasteiger partial charge on any atom is -0.476 e. The molecule has 1 aromatic heterocycles. The highest BCUT2D eigenvalue weighted by Gasteiger charge is 2.50. The third-order valence-electron chi connectivity index (χ3n) is 4.45. The van der Waals surface area contributed by atoms with Crippen LogP contribution in [0.25, 0.3) is 0 Å². The average Bonchev–Trinajstić information content (AvgIpc) is 2.51. The number of rotatable bonds is 4. The number of pyridine rings is 1. The molecule has 1 saturated heterocycles. The van der Waals surface area contributed by atoms with Gasteiger partial charge in [-0.15, -0.1) is 0 Å². The van der Waals surface area contributed by atoms with Crippen LogP contribution in [0.4, 0.5) is 8.78 Å². The number of hydrogen-bond donors (Lipinski definition) is 0. The van der Waals surface area contributed by atoms with Gasteiger partial charge in [0.05, 0.1) is 6.61 Å². The highest BCUT2D eigenvalue weighted by molar-refractivity contribution is 6.31. The predicted molar refractivity (Wildman–Crippen MR) is 81.7 cm³/mol. The fourth-order valence-electron chi connectivity index (χ4n) is 3.17. The van der Waals surface area contributed by atoms with Crippen LogP contribution in [0.3, 0.4) is 0 Å². The van der Waals surface area contributed by atoms with Gasteiger partial charge in [0.2, 0.25) is 17.7 Å². The molecule has 2 heterocycles. The van der Waals surface area contributed by atoms with E-state index in [4.69, 9.17) is 16.3 Å². The lowest BCUT2D eigenvalue weighted by Crippen LogP contribution is -2.50. The number of hydrogen-bond acceptors (Lipinski definition) is 3. The van der Waals surface area contributed by atoms with Gasteiger partial charge in [0, 0.05) is 44.0 Å². The molecule has 0 radical (unpaired) electrons. The van der Waals surface area contributed by atoms with Crippen molar-refractivity contribution in [3.63, 3.8) is 0 Å². The molecule has 2 aliphatic rings. The molecule has 1 aromatic rings. The van der Waals surface area contributed by atoms with E-state index in [0.717, 1.165) is 12.8 Å². The fraction of sp³-hybridized carbons (Fsp3) is 0.625. The van der Waals surface area contributed by atoms with Gasteiger partial charge in [0.25, 0.3) is 0 Å². The van der Waals surface area contributed by atoms with Gasteiger partial charge in [-0.05, 0) is 25.0 Å². The van der Waals surface area contributed by atoms with Crippen molar-refractivity contribution < 1.29 is 18.3 Å². The summed E-state index contributed by atoms with van der Waals surface area (Å²) in [5, 5.41) is 0.452. The summed E-state index contributed by atoms with van der Waals surface area (Å²) >= 11 is 5.99. The molecule has 1 aliphatic heterocycles. The van der Waals surface area contributed by atoms with Crippen LogP contribution in [0, 0.1) is 11.8 Å². The number of nitrogens with zero attached hydrogens (tertiary/aromatic N) is 2. The maximum absolute atomic E-state index is 12.9. The van der Waals surface area contributed by atoms with Crippen LogP contribution in [0.1, 0.15) is 25.7 Å². The molecular weight excluding hydrogens is 326 g/mol. The number of likely N-dealkylation sites (tertiary alicyclic amines) is 1. The normalized spacial score (nSPS) is 24.1. The van der Waals surface area contributed by atoms with Crippen LogP contribution < -0.4 is 4.74 Å². The third-order valence-corrected chi connectivity index (χ3v) is 4.74.